The first-order valence-corrected chi connectivity index (χ1v) is 16.1. The molecule has 0 aromatic heterocycles. The number of amidine groups is 1. The number of non-ortho nitro benzene ring substituents is 1. The standard InChI is InChI=1S/C33H26BrCl2N3O5S/c1-4-43-29-14-22(13-26(34)31(29)44-18-21-7-11-24(12-8-21)39(41)42)15-30-32(40)38(25-10-6-20(3)28(36)17-25)33(45-30)37-23-9-5-19(2)27(35)16-23/h5-17H,4,18H2,1-3H3/b30-15+,37-33?. The van der Waals surface area contributed by atoms with E-state index in [9.17, 15) is 14.9 Å². The minimum atomic E-state index is -0.447. The van der Waals surface area contributed by atoms with Crippen LogP contribution in [-0.2, 0) is 11.4 Å². The minimum Gasteiger partial charge on any atom is -0.490 e. The predicted octanol–water partition coefficient (Wildman–Crippen LogP) is 10.1. The number of carbonyl (C=O) groups is 1. The number of benzene rings is 4. The summed E-state index contributed by atoms with van der Waals surface area (Å²) in [6.45, 7) is 6.22. The largest absolute Gasteiger partial charge is 0.490 e. The Morgan fingerprint density at radius 3 is 2.31 bits per heavy atom. The molecule has 4 aromatic rings. The van der Waals surface area contributed by atoms with E-state index in [2.05, 4.69) is 15.9 Å². The highest BCUT2D eigenvalue weighted by Crippen LogP contribution is 2.42. The van der Waals surface area contributed by atoms with Crippen molar-refractivity contribution < 1.29 is 19.2 Å². The molecule has 0 unspecified atom stereocenters. The fourth-order valence-electron chi connectivity index (χ4n) is 4.35. The summed E-state index contributed by atoms with van der Waals surface area (Å²) in [5, 5.41) is 12.5. The molecule has 5 rings (SSSR count). The van der Waals surface area contributed by atoms with E-state index in [4.69, 9.17) is 37.7 Å². The Hall–Kier alpha value is -3.83. The van der Waals surface area contributed by atoms with E-state index in [1.165, 1.54) is 28.8 Å². The molecule has 4 aromatic carbocycles. The van der Waals surface area contributed by atoms with Gasteiger partial charge in [0.25, 0.3) is 11.6 Å². The number of amides is 1. The number of thioether (sulfide) groups is 1. The number of rotatable bonds is 9. The molecule has 230 valence electrons. The Morgan fingerprint density at radius 1 is 0.978 bits per heavy atom. The zero-order valence-corrected chi connectivity index (χ0v) is 28.3. The zero-order chi connectivity index (χ0) is 32.2. The lowest BCUT2D eigenvalue weighted by molar-refractivity contribution is -0.384. The molecule has 1 aliphatic heterocycles. The van der Waals surface area contributed by atoms with Crippen LogP contribution in [0.25, 0.3) is 6.08 Å². The molecule has 0 bridgehead atoms. The van der Waals surface area contributed by atoms with Crippen molar-refractivity contribution in [3.8, 4) is 11.5 Å². The monoisotopic (exact) mass is 725 g/mol. The van der Waals surface area contributed by atoms with Crippen molar-refractivity contribution in [1.29, 1.82) is 0 Å². The lowest BCUT2D eigenvalue weighted by Gasteiger charge is -2.17. The predicted molar refractivity (Wildman–Crippen MR) is 185 cm³/mol. The Labute approximate surface area is 282 Å². The first-order chi connectivity index (χ1) is 21.5. The fourth-order valence-corrected chi connectivity index (χ4v) is 6.28. The van der Waals surface area contributed by atoms with E-state index < -0.39 is 4.92 Å². The highest BCUT2D eigenvalue weighted by atomic mass is 79.9. The summed E-state index contributed by atoms with van der Waals surface area (Å²) < 4.78 is 12.6. The third-order valence-corrected chi connectivity index (χ3v) is 9.13. The second-order valence-electron chi connectivity index (χ2n) is 9.99. The summed E-state index contributed by atoms with van der Waals surface area (Å²) in [5.74, 6) is 0.683. The van der Waals surface area contributed by atoms with Gasteiger partial charge in [0.1, 0.15) is 6.61 Å². The summed E-state index contributed by atoms with van der Waals surface area (Å²) in [4.78, 5) is 31.2. The van der Waals surface area contributed by atoms with Gasteiger partial charge in [-0.15, -0.1) is 0 Å². The Bertz CT molecular complexity index is 1860. The van der Waals surface area contributed by atoms with Crippen molar-refractivity contribution >= 4 is 85.1 Å². The number of hydrogen-bond acceptors (Lipinski definition) is 7. The molecule has 0 atom stereocenters. The molecule has 0 N–H and O–H groups in total. The molecule has 45 heavy (non-hydrogen) atoms. The van der Waals surface area contributed by atoms with Gasteiger partial charge in [-0.2, -0.15) is 0 Å². The number of nitrogens with zero attached hydrogens (tertiary/aromatic N) is 3. The molecule has 0 saturated carbocycles. The van der Waals surface area contributed by atoms with Gasteiger partial charge in [0.2, 0.25) is 0 Å². The Morgan fingerprint density at radius 2 is 1.67 bits per heavy atom. The first-order valence-electron chi connectivity index (χ1n) is 13.7. The molecule has 0 spiro atoms. The average molecular weight is 727 g/mol. The van der Waals surface area contributed by atoms with Gasteiger partial charge in [-0.1, -0.05) is 35.3 Å². The summed E-state index contributed by atoms with van der Waals surface area (Å²) in [5.41, 5.74) is 4.48. The Balaban J connectivity index is 1.48. The number of nitro groups is 1. The van der Waals surface area contributed by atoms with Crippen LogP contribution < -0.4 is 14.4 Å². The summed E-state index contributed by atoms with van der Waals surface area (Å²) in [7, 11) is 0. The van der Waals surface area contributed by atoms with Crippen LogP contribution in [0.1, 0.15) is 29.2 Å². The first kappa shape index (κ1) is 32.6. The number of carbonyl (C=O) groups excluding carboxylic acids is 1. The van der Waals surface area contributed by atoms with Gasteiger partial charge in [0.15, 0.2) is 16.7 Å². The van der Waals surface area contributed by atoms with Crippen molar-refractivity contribution in [2.75, 3.05) is 11.5 Å². The topological polar surface area (TPSA) is 94.3 Å². The van der Waals surface area contributed by atoms with Gasteiger partial charge in [-0.3, -0.25) is 19.8 Å². The van der Waals surface area contributed by atoms with E-state index >= 15 is 0 Å². The van der Waals surface area contributed by atoms with Gasteiger partial charge in [-0.05, 0) is 125 Å². The molecular weight excluding hydrogens is 701 g/mol. The van der Waals surface area contributed by atoms with Crippen molar-refractivity contribution in [2.45, 2.75) is 27.4 Å². The molecule has 0 radical (unpaired) electrons. The SMILES string of the molecule is CCOc1cc(/C=C2/SC(=Nc3ccc(C)c(Cl)c3)N(c3ccc(C)c(Cl)c3)C2=O)cc(Br)c1OCc1ccc([N+](=O)[O-])cc1. The summed E-state index contributed by atoms with van der Waals surface area (Å²) in [6.07, 6.45) is 1.77. The second-order valence-corrected chi connectivity index (χ2v) is 12.7. The van der Waals surface area contributed by atoms with E-state index in [1.807, 2.05) is 51.1 Å². The maximum absolute atomic E-state index is 13.9. The molecule has 1 saturated heterocycles. The van der Waals surface area contributed by atoms with Gasteiger partial charge in [0.05, 0.1) is 32.3 Å². The van der Waals surface area contributed by atoms with Crippen molar-refractivity contribution in [2.24, 2.45) is 4.99 Å². The molecule has 1 heterocycles. The van der Waals surface area contributed by atoms with Crippen LogP contribution in [0.2, 0.25) is 10.0 Å². The lowest BCUT2D eigenvalue weighted by atomic mass is 10.1. The number of nitro benzene ring substituents is 1. The molecule has 1 fully saturated rings. The van der Waals surface area contributed by atoms with Crippen LogP contribution in [0.3, 0.4) is 0 Å². The highest BCUT2D eigenvalue weighted by Gasteiger charge is 2.35. The minimum absolute atomic E-state index is 0.00608. The van der Waals surface area contributed by atoms with E-state index in [1.54, 1.807) is 36.4 Å². The van der Waals surface area contributed by atoms with Gasteiger partial charge in [0, 0.05) is 22.2 Å². The highest BCUT2D eigenvalue weighted by molar-refractivity contribution is 9.10. The fraction of sp³-hybridized carbons (Fsp3) is 0.152. The molecule has 0 aliphatic carbocycles. The average Bonchev–Trinajstić information content (AvgIpc) is 3.30. The number of anilines is 1. The molecule has 1 amide bonds. The third-order valence-electron chi connectivity index (χ3n) is 6.76. The van der Waals surface area contributed by atoms with Crippen molar-refractivity contribution in [3.05, 3.63) is 125 Å². The number of halogens is 3. The third kappa shape index (κ3) is 7.53. The maximum Gasteiger partial charge on any atom is 0.271 e. The van der Waals surface area contributed by atoms with Crippen molar-refractivity contribution in [3.63, 3.8) is 0 Å². The number of aliphatic imine (C=N–C) groups is 1. The van der Waals surface area contributed by atoms with Crippen molar-refractivity contribution in [1.82, 2.24) is 0 Å². The number of hydrogen-bond donors (Lipinski definition) is 0. The van der Waals surface area contributed by atoms with Gasteiger partial charge in [-0.25, -0.2) is 4.99 Å². The second kappa shape index (κ2) is 14.1. The Kier molecular flexibility index (Phi) is 10.2. The van der Waals surface area contributed by atoms with Crippen LogP contribution in [0.15, 0.2) is 87.2 Å². The van der Waals surface area contributed by atoms with Gasteiger partial charge < -0.3 is 9.47 Å². The zero-order valence-electron chi connectivity index (χ0n) is 24.3. The molecule has 12 heteroatoms. The lowest BCUT2D eigenvalue weighted by Crippen LogP contribution is -2.28. The molecule has 8 nitrogen and oxygen atoms in total. The van der Waals surface area contributed by atoms with Crippen LogP contribution in [0.5, 0.6) is 11.5 Å². The van der Waals surface area contributed by atoms with E-state index in [0.29, 0.717) is 59.6 Å². The normalized spacial score (nSPS) is 14.8. The van der Waals surface area contributed by atoms with Crippen LogP contribution in [-0.4, -0.2) is 22.6 Å². The van der Waals surface area contributed by atoms with Crippen LogP contribution in [0, 0.1) is 24.0 Å². The number of aryl methyl sites for hydroxylation is 2. The van der Waals surface area contributed by atoms with Gasteiger partial charge >= 0.3 is 0 Å². The van der Waals surface area contributed by atoms with Crippen LogP contribution in [0.4, 0.5) is 17.1 Å². The quantitative estimate of drug-likeness (QED) is 0.0968. The molecule has 1 aliphatic rings. The maximum atomic E-state index is 13.9. The summed E-state index contributed by atoms with van der Waals surface area (Å²) in [6, 6.07) is 20.7. The molecular formula is C33H26BrCl2N3O5S. The smallest absolute Gasteiger partial charge is 0.271 e. The van der Waals surface area contributed by atoms with E-state index in [-0.39, 0.29) is 18.2 Å². The van der Waals surface area contributed by atoms with E-state index in [0.717, 1.165) is 16.7 Å². The number of ether oxygens (including phenoxy) is 2. The summed E-state index contributed by atoms with van der Waals surface area (Å²) >= 11 is 17.6. The van der Waals surface area contributed by atoms with Crippen LogP contribution >= 0.6 is 50.9 Å².